The number of benzene rings is 12. The van der Waals surface area contributed by atoms with Crippen LogP contribution in [-0.4, -0.2) is 4.57 Å². The van der Waals surface area contributed by atoms with Gasteiger partial charge in [-0.3, -0.25) is 0 Å². The molecule has 0 aliphatic heterocycles. The number of aromatic nitrogens is 1. The van der Waals surface area contributed by atoms with E-state index in [-0.39, 0.29) is 0 Å². The molecular weight excluding hydrogens is 861 g/mol. The average Bonchev–Trinajstić information content (AvgIpc) is 3.99. The van der Waals surface area contributed by atoms with Crippen molar-refractivity contribution < 1.29 is 4.42 Å². The Hall–Kier alpha value is -9.44. The van der Waals surface area contributed by atoms with Crippen LogP contribution in [0.15, 0.2) is 271 Å². The molecule has 2 heterocycles. The molecule has 3 heteroatoms. The fourth-order valence-corrected chi connectivity index (χ4v) is 10.9. The molecule has 2 aromatic heterocycles. The van der Waals surface area contributed by atoms with Gasteiger partial charge in [-0.05, 0) is 145 Å². The highest BCUT2D eigenvalue weighted by Crippen LogP contribution is 2.44. The Morgan fingerprint density at radius 1 is 0.282 bits per heavy atom. The Labute approximate surface area is 411 Å². The van der Waals surface area contributed by atoms with E-state index in [1.54, 1.807) is 0 Å². The molecule has 0 saturated heterocycles. The van der Waals surface area contributed by atoms with Gasteiger partial charge in [-0.2, -0.15) is 0 Å². The minimum Gasteiger partial charge on any atom is -0.456 e. The van der Waals surface area contributed by atoms with Crippen LogP contribution in [0.3, 0.4) is 0 Å². The normalized spacial score (nSPS) is 11.7. The summed E-state index contributed by atoms with van der Waals surface area (Å²) >= 11 is 0. The first-order chi connectivity index (χ1) is 35.2. The molecule has 0 atom stereocenters. The van der Waals surface area contributed by atoms with E-state index in [1.165, 1.54) is 60.0 Å². The maximum atomic E-state index is 6.36. The zero-order valence-electron chi connectivity index (χ0n) is 38.7. The van der Waals surface area contributed by atoms with Crippen LogP contribution in [0.2, 0.25) is 0 Å². The second-order valence-corrected chi connectivity index (χ2v) is 18.5. The van der Waals surface area contributed by atoms with Gasteiger partial charge in [-0.1, -0.05) is 182 Å². The quantitative estimate of drug-likeness (QED) is 0.142. The lowest BCUT2D eigenvalue weighted by atomic mass is 9.95. The summed E-state index contributed by atoms with van der Waals surface area (Å²) in [5, 5.41) is 9.78. The lowest BCUT2D eigenvalue weighted by molar-refractivity contribution is 0.669. The van der Waals surface area contributed by atoms with Gasteiger partial charge in [-0.25, -0.2) is 0 Å². The monoisotopic (exact) mass is 904 g/mol. The van der Waals surface area contributed by atoms with E-state index in [2.05, 4.69) is 264 Å². The second-order valence-electron chi connectivity index (χ2n) is 18.5. The predicted molar refractivity (Wildman–Crippen MR) is 299 cm³/mol. The number of hydrogen-bond donors (Lipinski definition) is 0. The molecule has 0 fully saturated rings. The Morgan fingerprint density at radius 3 is 1.59 bits per heavy atom. The third kappa shape index (κ3) is 6.97. The van der Waals surface area contributed by atoms with Gasteiger partial charge in [0.15, 0.2) is 0 Å². The molecular formula is C68H44N2O. The number of para-hydroxylation sites is 4. The van der Waals surface area contributed by atoms with E-state index in [9.17, 15) is 0 Å². The molecule has 0 aliphatic rings. The van der Waals surface area contributed by atoms with Crippen LogP contribution in [0.1, 0.15) is 0 Å². The molecule has 0 aliphatic carbocycles. The highest BCUT2D eigenvalue weighted by atomic mass is 16.3. The highest BCUT2D eigenvalue weighted by molar-refractivity contribution is 6.10. The maximum absolute atomic E-state index is 6.36. The smallest absolute Gasteiger partial charge is 0.136 e. The molecule has 332 valence electrons. The summed E-state index contributed by atoms with van der Waals surface area (Å²) in [5.41, 5.74) is 17.8. The van der Waals surface area contributed by atoms with Crippen LogP contribution in [0.25, 0.3) is 115 Å². The fourth-order valence-electron chi connectivity index (χ4n) is 10.9. The van der Waals surface area contributed by atoms with Gasteiger partial charge >= 0.3 is 0 Å². The summed E-state index contributed by atoms with van der Waals surface area (Å²) in [6.07, 6.45) is 0. The van der Waals surface area contributed by atoms with Crippen molar-refractivity contribution in [3.8, 4) is 50.2 Å². The number of anilines is 3. The van der Waals surface area contributed by atoms with Crippen LogP contribution >= 0.6 is 0 Å². The van der Waals surface area contributed by atoms with Crippen LogP contribution in [-0.2, 0) is 0 Å². The molecule has 0 spiro atoms. The molecule has 3 nitrogen and oxygen atoms in total. The summed E-state index contributed by atoms with van der Waals surface area (Å²) in [6, 6.07) is 96.8. The van der Waals surface area contributed by atoms with Gasteiger partial charge < -0.3 is 13.9 Å². The Kier molecular flexibility index (Phi) is 9.53. The minimum absolute atomic E-state index is 0.886. The van der Waals surface area contributed by atoms with Crippen molar-refractivity contribution in [3.05, 3.63) is 267 Å². The average molecular weight is 905 g/mol. The first kappa shape index (κ1) is 40.6. The molecule has 14 rings (SSSR count). The fraction of sp³-hybridized carbons (Fsp3) is 0. The van der Waals surface area contributed by atoms with E-state index < -0.39 is 0 Å². The third-order valence-electron chi connectivity index (χ3n) is 14.4. The van der Waals surface area contributed by atoms with Crippen molar-refractivity contribution in [2.75, 3.05) is 4.90 Å². The van der Waals surface area contributed by atoms with E-state index in [0.29, 0.717) is 0 Å². The SMILES string of the molecule is c1cc(-c2ccc(N(c3cccc(-c4ccc5c(c4)oc4ccccc45)c3)c3ccccc3-c3ccc4c(ccc5ccccc54)c3)cc2)cc(-c2ccc(-n3c4ccccc4c4ccccc43)cc2)c1. The molecule has 0 N–H and O–H groups in total. The number of hydrogen-bond acceptors (Lipinski definition) is 2. The largest absolute Gasteiger partial charge is 0.456 e. The second kappa shape index (κ2) is 16.7. The van der Waals surface area contributed by atoms with Crippen molar-refractivity contribution in [2.24, 2.45) is 0 Å². The predicted octanol–water partition coefficient (Wildman–Crippen LogP) is 19.1. The zero-order valence-corrected chi connectivity index (χ0v) is 38.7. The van der Waals surface area contributed by atoms with Crippen LogP contribution in [0.5, 0.6) is 0 Å². The van der Waals surface area contributed by atoms with E-state index in [4.69, 9.17) is 4.42 Å². The minimum atomic E-state index is 0.886. The van der Waals surface area contributed by atoms with Crippen LogP contribution < -0.4 is 4.90 Å². The molecule has 14 aromatic rings. The summed E-state index contributed by atoms with van der Waals surface area (Å²) in [4.78, 5) is 2.40. The number of nitrogens with zero attached hydrogens (tertiary/aromatic N) is 2. The number of rotatable bonds is 8. The van der Waals surface area contributed by atoms with Crippen molar-refractivity contribution in [1.29, 1.82) is 0 Å². The maximum Gasteiger partial charge on any atom is 0.136 e. The summed E-state index contributed by atoms with van der Waals surface area (Å²) in [7, 11) is 0. The molecule has 0 saturated carbocycles. The van der Waals surface area contributed by atoms with Crippen LogP contribution in [0.4, 0.5) is 17.1 Å². The van der Waals surface area contributed by atoms with Crippen LogP contribution in [0, 0.1) is 0 Å². The van der Waals surface area contributed by atoms with Crippen molar-refractivity contribution in [1.82, 2.24) is 4.57 Å². The lowest BCUT2D eigenvalue weighted by Gasteiger charge is -2.28. The lowest BCUT2D eigenvalue weighted by Crippen LogP contribution is -2.11. The summed E-state index contributed by atoms with van der Waals surface area (Å²) < 4.78 is 8.73. The Morgan fingerprint density at radius 2 is 0.817 bits per heavy atom. The molecule has 0 unspecified atom stereocenters. The van der Waals surface area contributed by atoms with E-state index in [0.717, 1.165) is 72.5 Å². The topological polar surface area (TPSA) is 21.3 Å². The Bertz CT molecular complexity index is 4290. The molecule has 0 amide bonds. The van der Waals surface area contributed by atoms with Gasteiger partial charge in [0.25, 0.3) is 0 Å². The van der Waals surface area contributed by atoms with E-state index in [1.807, 2.05) is 12.1 Å². The zero-order chi connectivity index (χ0) is 46.8. The molecule has 71 heavy (non-hydrogen) atoms. The van der Waals surface area contributed by atoms with Gasteiger partial charge in [0, 0.05) is 44.2 Å². The Balaban J connectivity index is 0.843. The first-order valence-electron chi connectivity index (χ1n) is 24.3. The van der Waals surface area contributed by atoms with Gasteiger partial charge in [-0.15, -0.1) is 0 Å². The number of fused-ring (bicyclic) bond motifs is 9. The van der Waals surface area contributed by atoms with Crippen molar-refractivity contribution in [2.45, 2.75) is 0 Å². The molecule has 0 bridgehead atoms. The standard InChI is InChI=1S/C68H44N2O/c1-2-18-57-47(13-1)27-28-52-42-53(34-39-58(52)57)59-19-3-7-23-64(59)69(56-17-12-16-50(43-56)51-33-40-63-62-22-6-10-26-67(62)71-68(63)44-51)54-35-29-45(30-36-54)48-14-11-15-49(41-48)46-31-37-55(38-32-46)70-65-24-8-4-20-60(65)61-21-5-9-25-66(61)70/h1-44H. The summed E-state index contributed by atoms with van der Waals surface area (Å²) in [6.45, 7) is 0. The highest BCUT2D eigenvalue weighted by Gasteiger charge is 2.20. The van der Waals surface area contributed by atoms with E-state index >= 15 is 0 Å². The molecule has 12 aromatic carbocycles. The number of furan rings is 1. The summed E-state index contributed by atoms with van der Waals surface area (Å²) in [5.74, 6) is 0. The van der Waals surface area contributed by atoms with Gasteiger partial charge in [0.1, 0.15) is 11.2 Å². The third-order valence-corrected chi connectivity index (χ3v) is 14.4. The van der Waals surface area contributed by atoms with Crippen molar-refractivity contribution >= 4 is 82.4 Å². The van der Waals surface area contributed by atoms with Gasteiger partial charge in [0.05, 0.1) is 16.7 Å². The van der Waals surface area contributed by atoms with Crippen molar-refractivity contribution in [3.63, 3.8) is 0 Å². The molecule has 0 radical (unpaired) electrons. The first-order valence-corrected chi connectivity index (χ1v) is 24.3. The van der Waals surface area contributed by atoms with Gasteiger partial charge in [0.2, 0.25) is 0 Å².